The molecule has 5 heteroatoms. The molecule has 0 spiro atoms. The van der Waals surface area contributed by atoms with Crippen LogP contribution in [0.1, 0.15) is 18.9 Å². The van der Waals surface area contributed by atoms with E-state index in [0.717, 1.165) is 62.2 Å². The molecule has 3 fully saturated rings. The van der Waals surface area contributed by atoms with Gasteiger partial charge in [-0.2, -0.15) is 0 Å². The predicted molar refractivity (Wildman–Crippen MR) is 143 cm³/mol. The maximum Gasteiger partial charge on any atom is 0.0733 e. The van der Waals surface area contributed by atoms with Gasteiger partial charge in [-0.25, -0.2) is 4.98 Å². The SMILES string of the molecule is CCc1ccc2c(N3CC4CCN(C)CC4C3)cc(-c3ccc(N4CCNCC4)cc3)nc2c1. The summed E-state index contributed by atoms with van der Waals surface area (Å²) in [7, 11) is 2.27. The standard InChI is InChI=1S/C29H37N5/c1-3-21-4-9-26-28(16-21)31-27(22-5-7-25(8-6-22)33-14-11-30-12-15-33)17-29(26)34-19-23-10-13-32(2)18-24(23)20-34/h4-9,16-17,23-24,30H,3,10-15,18-20H2,1-2H3. The van der Waals surface area contributed by atoms with Crippen LogP contribution in [0.2, 0.25) is 0 Å². The first kappa shape index (κ1) is 21.9. The van der Waals surface area contributed by atoms with Crippen molar-refractivity contribution in [2.45, 2.75) is 19.8 Å². The second-order valence-corrected chi connectivity index (χ2v) is 10.5. The number of nitrogens with zero attached hydrogens (tertiary/aromatic N) is 4. The van der Waals surface area contributed by atoms with Gasteiger partial charge in [0.2, 0.25) is 0 Å². The number of aromatic nitrogens is 1. The van der Waals surface area contributed by atoms with Crippen molar-refractivity contribution in [2.75, 3.05) is 69.2 Å². The molecule has 34 heavy (non-hydrogen) atoms. The molecule has 0 radical (unpaired) electrons. The summed E-state index contributed by atoms with van der Waals surface area (Å²) in [6.07, 6.45) is 2.36. The molecule has 2 unspecified atom stereocenters. The summed E-state index contributed by atoms with van der Waals surface area (Å²) in [5.74, 6) is 1.59. The van der Waals surface area contributed by atoms with Crippen molar-refractivity contribution in [3.05, 3.63) is 54.1 Å². The maximum absolute atomic E-state index is 5.17. The van der Waals surface area contributed by atoms with Gasteiger partial charge in [-0.3, -0.25) is 0 Å². The van der Waals surface area contributed by atoms with Gasteiger partial charge in [0.25, 0.3) is 0 Å². The Morgan fingerprint density at radius 2 is 1.68 bits per heavy atom. The molecule has 0 amide bonds. The molecule has 2 aromatic carbocycles. The Morgan fingerprint density at radius 3 is 2.47 bits per heavy atom. The first-order valence-corrected chi connectivity index (χ1v) is 13.1. The van der Waals surface area contributed by atoms with Crippen molar-refractivity contribution in [1.82, 2.24) is 15.2 Å². The summed E-state index contributed by atoms with van der Waals surface area (Å²) in [5.41, 5.74) is 7.46. The number of piperidine rings is 1. The third-order valence-electron chi connectivity index (χ3n) is 8.25. The smallest absolute Gasteiger partial charge is 0.0733 e. The highest BCUT2D eigenvalue weighted by Gasteiger charge is 2.36. The molecule has 0 aliphatic carbocycles. The van der Waals surface area contributed by atoms with Crippen LogP contribution in [0.15, 0.2) is 48.5 Å². The summed E-state index contributed by atoms with van der Waals surface area (Å²) >= 11 is 0. The van der Waals surface area contributed by atoms with Crippen LogP contribution in [0, 0.1) is 11.8 Å². The van der Waals surface area contributed by atoms with Gasteiger partial charge >= 0.3 is 0 Å². The van der Waals surface area contributed by atoms with Crippen LogP contribution < -0.4 is 15.1 Å². The van der Waals surface area contributed by atoms with E-state index in [-0.39, 0.29) is 0 Å². The van der Waals surface area contributed by atoms with Gasteiger partial charge in [0, 0.05) is 68.1 Å². The average molecular weight is 456 g/mol. The van der Waals surface area contributed by atoms with Gasteiger partial charge in [0.1, 0.15) is 0 Å². The molecule has 6 rings (SSSR count). The average Bonchev–Trinajstić information content (AvgIpc) is 3.31. The topological polar surface area (TPSA) is 34.6 Å². The quantitative estimate of drug-likeness (QED) is 0.636. The molecule has 3 saturated heterocycles. The van der Waals surface area contributed by atoms with E-state index in [9.17, 15) is 0 Å². The number of pyridine rings is 1. The Kier molecular flexibility index (Phi) is 5.92. The van der Waals surface area contributed by atoms with Gasteiger partial charge < -0.3 is 20.0 Å². The molecule has 4 heterocycles. The van der Waals surface area contributed by atoms with E-state index in [4.69, 9.17) is 4.98 Å². The minimum Gasteiger partial charge on any atom is -0.370 e. The maximum atomic E-state index is 5.17. The summed E-state index contributed by atoms with van der Waals surface area (Å²) in [6, 6.07) is 18.3. The van der Waals surface area contributed by atoms with Crippen molar-refractivity contribution in [2.24, 2.45) is 11.8 Å². The zero-order chi connectivity index (χ0) is 23.1. The number of aryl methyl sites for hydroxylation is 1. The lowest BCUT2D eigenvalue weighted by Crippen LogP contribution is -2.43. The number of hydrogen-bond acceptors (Lipinski definition) is 5. The number of rotatable bonds is 4. The Morgan fingerprint density at radius 1 is 0.882 bits per heavy atom. The monoisotopic (exact) mass is 455 g/mol. The summed E-state index contributed by atoms with van der Waals surface area (Å²) in [4.78, 5) is 12.8. The van der Waals surface area contributed by atoms with Gasteiger partial charge in [-0.05, 0) is 68.1 Å². The Labute approximate surface area is 203 Å². The zero-order valence-electron chi connectivity index (χ0n) is 20.6. The normalized spacial score (nSPS) is 23.5. The van der Waals surface area contributed by atoms with Crippen LogP contribution in [-0.2, 0) is 6.42 Å². The number of anilines is 2. The zero-order valence-corrected chi connectivity index (χ0v) is 20.6. The van der Waals surface area contributed by atoms with Gasteiger partial charge in [-0.1, -0.05) is 31.2 Å². The van der Waals surface area contributed by atoms with Crippen LogP contribution in [0.4, 0.5) is 11.4 Å². The van der Waals surface area contributed by atoms with Crippen molar-refractivity contribution < 1.29 is 0 Å². The first-order valence-electron chi connectivity index (χ1n) is 13.1. The number of piperazine rings is 1. The summed E-state index contributed by atoms with van der Waals surface area (Å²) in [5, 5.41) is 4.74. The van der Waals surface area contributed by atoms with E-state index in [0.29, 0.717) is 0 Å². The third-order valence-corrected chi connectivity index (χ3v) is 8.25. The first-order chi connectivity index (χ1) is 16.7. The van der Waals surface area contributed by atoms with Crippen molar-refractivity contribution in [1.29, 1.82) is 0 Å². The fourth-order valence-corrected chi connectivity index (χ4v) is 6.20. The fraction of sp³-hybridized carbons (Fsp3) is 0.483. The number of fused-ring (bicyclic) bond motifs is 2. The van der Waals surface area contributed by atoms with E-state index in [1.54, 1.807) is 0 Å². The van der Waals surface area contributed by atoms with Crippen LogP contribution in [0.25, 0.3) is 22.2 Å². The Balaban J connectivity index is 1.37. The second kappa shape index (κ2) is 9.20. The predicted octanol–water partition coefficient (Wildman–Crippen LogP) is 4.26. The molecule has 3 aromatic rings. The molecule has 1 N–H and O–H groups in total. The van der Waals surface area contributed by atoms with Crippen LogP contribution in [0.3, 0.4) is 0 Å². The van der Waals surface area contributed by atoms with Gasteiger partial charge in [0.15, 0.2) is 0 Å². The highest BCUT2D eigenvalue weighted by molar-refractivity contribution is 5.95. The number of benzene rings is 2. The Hall–Kier alpha value is -2.63. The van der Waals surface area contributed by atoms with Crippen molar-refractivity contribution >= 4 is 22.3 Å². The number of hydrogen-bond donors (Lipinski definition) is 1. The molecular weight excluding hydrogens is 418 g/mol. The Bertz CT molecular complexity index is 1150. The number of likely N-dealkylation sites (tertiary alicyclic amines) is 1. The molecule has 0 bridgehead atoms. The molecule has 1 aromatic heterocycles. The van der Waals surface area contributed by atoms with Crippen LogP contribution in [-0.4, -0.2) is 69.3 Å². The lowest BCUT2D eigenvalue weighted by atomic mass is 9.89. The number of nitrogens with one attached hydrogen (secondary N) is 1. The van der Waals surface area contributed by atoms with E-state index in [1.165, 1.54) is 53.9 Å². The van der Waals surface area contributed by atoms with Crippen molar-refractivity contribution in [3.8, 4) is 11.3 Å². The lowest BCUT2D eigenvalue weighted by Gasteiger charge is -2.31. The minimum atomic E-state index is 0.777. The third kappa shape index (κ3) is 4.16. The fourth-order valence-electron chi connectivity index (χ4n) is 6.20. The molecule has 5 nitrogen and oxygen atoms in total. The summed E-state index contributed by atoms with van der Waals surface area (Å²) in [6.45, 7) is 11.3. The van der Waals surface area contributed by atoms with Gasteiger partial charge in [-0.15, -0.1) is 0 Å². The molecular formula is C29H37N5. The molecule has 0 saturated carbocycles. The molecule has 2 atom stereocenters. The lowest BCUT2D eigenvalue weighted by molar-refractivity contribution is 0.178. The highest BCUT2D eigenvalue weighted by Crippen LogP contribution is 2.38. The van der Waals surface area contributed by atoms with Crippen LogP contribution >= 0.6 is 0 Å². The van der Waals surface area contributed by atoms with E-state index in [2.05, 4.69) is 82.5 Å². The largest absolute Gasteiger partial charge is 0.370 e. The molecule has 3 aliphatic rings. The van der Waals surface area contributed by atoms with E-state index in [1.807, 2.05) is 0 Å². The summed E-state index contributed by atoms with van der Waals surface area (Å²) < 4.78 is 0. The minimum absolute atomic E-state index is 0.777. The molecule has 3 aliphatic heterocycles. The van der Waals surface area contributed by atoms with E-state index < -0.39 is 0 Å². The van der Waals surface area contributed by atoms with Gasteiger partial charge in [0.05, 0.1) is 11.2 Å². The molecule has 178 valence electrons. The second-order valence-electron chi connectivity index (χ2n) is 10.5. The van der Waals surface area contributed by atoms with Crippen LogP contribution in [0.5, 0.6) is 0 Å². The van der Waals surface area contributed by atoms with Crippen molar-refractivity contribution in [3.63, 3.8) is 0 Å². The van der Waals surface area contributed by atoms with E-state index >= 15 is 0 Å². The highest BCUT2D eigenvalue weighted by atomic mass is 15.2.